The first-order chi connectivity index (χ1) is 13.3. The van der Waals surface area contributed by atoms with Crippen molar-refractivity contribution in [1.82, 2.24) is 9.80 Å². The van der Waals surface area contributed by atoms with E-state index in [2.05, 4.69) is 9.62 Å². The molecule has 1 saturated heterocycles. The Morgan fingerprint density at radius 3 is 2.29 bits per heavy atom. The number of aryl methyl sites for hydroxylation is 1. The molecule has 0 atom stereocenters. The number of likely N-dealkylation sites (N-methyl/N-ethyl adjacent to an activating group) is 1. The summed E-state index contributed by atoms with van der Waals surface area (Å²) in [5, 5.41) is 0. The maximum Gasteiger partial charge on any atom is 0.265 e. The van der Waals surface area contributed by atoms with Crippen molar-refractivity contribution in [2.45, 2.75) is 11.8 Å². The number of nitrogens with zero attached hydrogens (tertiary/aromatic N) is 2. The lowest BCUT2D eigenvalue weighted by Crippen LogP contribution is -2.47. The van der Waals surface area contributed by atoms with Crippen LogP contribution < -0.4 is 9.46 Å². The van der Waals surface area contributed by atoms with Gasteiger partial charge in [0, 0.05) is 37.4 Å². The van der Waals surface area contributed by atoms with Crippen molar-refractivity contribution in [1.29, 1.82) is 0 Å². The number of rotatable bonds is 5. The van der Waals surface area contributed by atoms with Crippen molar-refractivity contribution in [2.24, 2.45) is 0 Å². The molecule has 2 aromatic carbocycles. The van der Waals surface area contributed by atoms with E-state index in [1.165, 1.54) is 19.2 Å². The van der Waals surface area contributed by atoms with Gasteiger partial charge in [0.1, 0.15) is 10.6 Å². The zero-order valence-corrected chi connectivity index (χ0v) is 17.1. The van der Waals surface area contributed by atoms with E-state index in [0.717, 1.165) is 18.7 Å². The van der Waals surface area contributed by atoms with E-state index in [9.17, 15) is 13.2 Å². The molecule has 0 radical (unpaired) electrons. The molecule has 0 aromatic heterocycles. The predicted molar refractivity (Wildman–Crippen MR) is 108 cm³/mol. The molecule has 8 heteroatoms. The van der Waals surface area contributed by atoms with Crippen LogP contribution in [-0.4, -0.2) is 64.5 Å². The molecule has 3 rings (SSSR count). The molecular weight excluding hydrogens is 378 g/mol. The lowest BCUT2D eigenvalue weighted by atomic mass is 10.1. The Hall–Kier alpha value is -2.58. The summed E-state index contributed by atoms with van der Waals surface area (Å²) in [5.41, 5.74) is 1.80. The lowest BCUT2D eigenvalue weighted by Gasteiger charge is -2.32. The van der Waals surface area contributed by atoms with Crippen molar-refractivity contribution in [3.8, 4) is 5.75 Å². The van der Waals surface area contributed by atoms with Gasteiger partial charge in [0.05, 0.1) is 7.11 Å². The monoisotopic (exact) mass is 403 g/mol. The average Bonchev–Trinajstić information content (AvgIpc) is 2.69. The lowest BCUT2D eigenvalue weighted by molar-refractivity contribution is 0.0664. The number of hydrogen-bond donors (Lipinski definition) is 1. The Balaban J connectivity index is 1.90. The van der Waals surface area contributed by atoms with Crippen LogP contribution in [0.5, 0.6) is 5.75 Å². The summed E-state index contributed by atoms with van der Waals surface area (Å²) < 4.78 is 33.7. The normalized spacial score (nSPS) is 15.3. The van der Waals surface area contributed by atoms with Gasteiger partial charge in [-0.1, -0.05) is 17.7 Å². The highest BCUT2D eigenvalue weighted by Gasteiger charge is 2.25. The number of methoxy groups -OCH3 is 1. The molecule has 0 spiro atoms. The molecular formula is C20H25N3O4S. The van der Waals surface area contributed by atoms with E-state index in [4.69, 9.17) is 4.74 Å². The molecule has 2 aromatic rings. The van der Waals surface area contributed by atoms with Gasteiger partial charge in [-0.15, -0.1) is 0 Å². The van der Waals surface area contributed by atoms with Crippen LogP contribution >= 0.6 is 0 Å². The van der Waals surface area contributed by atoms with Gasteiger partial charge in [-0.3, -0.25) is 9.52 Å². The summed E-state index contributed by atoms with van der Waals surface area (Å²) in [4.78, 5) is 16.7. The molecule has 7 nitrogen and oxygen atoms in total. The molecule has 0 bridgehead atoms. The Kier molecular flexibility index (Phi) is 5.90. The van der Waals surface area contributed by atoms with Crippen molar-refractivity contribution in [2.75, 3.05) is 45.1 Å². The fraction of sp³-hybridized carbons (Fsp3) is 0.350. The van der Waals surface area contributed by atoms with Crippen LogP contribution in [0, 0.1) is 6.92 Å². The highest BCUT2D eigenvalue weighted by Crippen LogP contribution is 2.28. The maximum absolute atomic E-state index is 12.9. The molecule has 1 aliphatic rings. The molecule has 1 aliphatic heterocycles. The SMILES string of the molecule is COc1ccc(C(=O)N2CCN(C)CC2)cc1S(=O)(=O)Nc1ccc(C)cc1. The molecule has 0 aliphatic carbocycles. The second kappa shape index (κ2) is 8.20. The number of sulfonamides is 1. The molecule has 1 N–H and O–H groups in total. The largest absolute Gasteiger partial charge is 0.495 e. The summed E-state index contributed by atoms with van der Waals surface area (Å²) in [6, 6.07) is 11.5. The van der Waals surface area contributed by atoms with Gasteiger partial charge in [-0.2, -0.15) is 0 Å². The van der Waals surface area contributed by atoms with E-state index in [1.54, 1.807) is 23.1 Å². The second-order valence-electron chi connectivity index (χ2n) is 6.93. The molecule has 1 fully saturated rings. The number of hydrogen-bond acceptors (Lipinski definition) is 5. The van der Waals surface area contributed by atoms with E-state index in [-0.39, 0.29) is 16.6 Å². The van der Waals surface area contributed by atoms with Crippen LogP contribution in [0.25, 0.3) is 0 Å². The zero-order valence-electron chi connectivity index (χ0n) is 16.3. The minimum absolute atomic E-state index is 0.0597. The number of anilines is 1. The third-order valence-corrected chi connectivity index (χ3v) is 6.20. The van der Waals surface area contributed by atoms with Crippen LogP contribution in [0.1, 0.15) is 15.9 Å². The highest BCUT2D eigenvalue weighted by molar-refractivity contribution is 7.92. The van der Waals surface area contributed by atoms with Gasteiger partial charge < -0.3 is 14.5 Å². The highest BCUT2D eigenvalue weighted by atomic mass is 32.2. The molecule has 0 unspecified atom stereocenters. The number of carbonyl (C=O) groups excluding carboxylic acids is 1. The van der Waals surface area contributed by atoms with Crippen LogP contribution in [0.2, 0.25) is 0 Å². The van der Waals surface area contributed by atoms with E-state index in [0.29, 0.717) is 24.3 Å². The van der Waals surface area contributed by atoms with Gasteiger partial charge in [0.25, 0.3) is 15.9 Å². The summed E-state index contributed by atoms with van der Waals surface area (Å²) in [6.45, 7) is 4.74. The number of piperazine rings is 1. The number of carbonyl (C=O) groups is 1. The predicted octanol–water partition coefficient (Wildman–Crippen LogP) is 2.19. The Labute approximate surface area is 166 Å². The van der Waals surface area contributed by atoms with E-state index < -0.39 is 10.0 Å². The van der Waals surface area contributed by atoms with Gasteiger partial charge >= 0.3 is 0 Å². The number of nitrogens with one attached hydrogen (secondary N) is 1. The maximum atomic E-state index is 12.9. The van der Waals surface area contributed by atoms with Crippen molar-refractivity contribution < 1.29 is 17.9 Å². The van der Waals surface area contributed by atoms with Crippen molar-refractivity contribution >= 4 is 21.6 Å². The second-order valence-corrected chi connectivity index (χ2v) is 8.58. The van der Waals surface area contributed by atoms with Gasteiger partial charge in [-0.25, -0.2) is 8.42 Å². The fourth-order valence-electron chi connectivity index (χ4n) is 3.04. The third-order valence-electron chi connectivity index (χ3n) is 4.79. The Bertz CT molecular complexity index is 950. The Morgan fingerprint density at radius 1 is 1.04 bits per heavy atom. The summed E-state index contributed by atoms with van der Waals surface area (Å²) in [6.07, 6.45) is 0. The molecule has 1 heterocycles. The summed E-state index contributed by atoms with van der Waals surface area (Å²) >= 11 is 0. The fourth-order valence-corrected chi connectivity index (χ4v) is 4.30. The third kappa shape index (κ3) is 4.45. The van der Waals surface area contributed by atoms with Gasteiger partial charge in [-0.05, 0) is 44.3 Å². The van der Waals surface area contributed by atoms with Crippen LogP contribution in [0.3, 0.4) is 0 Å². The van der Waals surface area contributed by atoms with Crippen LogP contribution in [0.4, 0.5) is 5.69 Å². The van der Waals surface area contributed by atoms with E-state index in [1.807, 2.05) is 26.1 Å². The quantitative estimate of drug-likeness (QED) is 0.828. The van der Waals surface area contributed by atoms with E-state index >= 15 is 0 Å². The summed E-state index contributed by atoms with van der Waals surface area (Å²) in [7, 11) is -0.503. The Morgan fingerprint density at radius 2 is 1.68 bits per heavy atom. The van der Waals surface area contributed by atoms with Crippen LogP contribution in [0.15, 0.2) is 47.4 Å². The number of benzene rings is 2. The standard InChI is InChI=1S/C20H25N3O4S/c1-15-4-7-17(8-5-15)21-28(25,26)19-14-16(6-9-18(19)27-3)20(24)23-12-10-22(2)11-13-23/h4-9,14,21H,10-13H2,1-3H3. The first kappa shape index (κ1) is 20.2. The minimum atomic E-state index is -3.92. The molecule has 150 valence electrons. The molecule has 0 saturated carbocycles. The summed E-state index contributed by atoms with van der Waals surface area (Å²) in [5.74, 6) is 0.0112. The topological polar surface area (TPSA) is 79.0 Å². The molecule has 28 heavy (non-hydrogen) atoms. The molecule has 1 amide bonds. The zero-order chi connectivity index (χ0) is 20.3. The van der Waals surface area contributed by atoms with Crippen LogP contribution in [-0.2, 0) is 10.0 Å². The van der Waals surface area contributed by atoms with Crippen molar-refractivity contribution in [3.63, 3.8) is 0 Å². The van der Waals surface area contributed by atoms with Gasteiger partial charge in [0.2, 0.25) is 0 Å². The first-order valence-corrected chi connectivity index (χ1v) is 10.5. The van der Waals surface area contributed by atoms with Crippen molar-refractivity contribution in [3.05, 3.63) is 53.6 Å². The average molecular weight is 404 g/mol. The number of ether oxygens (including phenoxy) is 1. The van der Waals surface area contributed by atoms with Gasteiger partial charge in [0.15, 0.2) is 0 Å². The smallest absolute Gasteiger partial charge is 0.265 e. The first-order valence-electron chi connectivity index (χ1n) is 9.05. The number of amides is 1. The minimum Gasteiger partial charge on any atom is -0.495 e.